The van der Waals surface area contributed by atoms with Crippen LogP contribution in [0.2, 0.25) is 0 Å². The number of urea groups is 1. The van der Waals surface area contributed by atoms with Gasteiger partial charge in [0, 0.05) is 19.6 Å². The molecule has 1 saturated heterocycles. The average Bonchev–Trinajstić information content (AvgIpc) is 2.67. The standard InChI is InChI=1S/C20H31N3O2/c1-22-20(24)23-13-5-8-18(21)19(23)14-25-17-11-9-16(10-12-17)15-6-3-2-4-7-15/h2-4,6-7,16-19H,5,8-14,21H2,1H3,(H,22,24)/t16?,17?,18-,19-/m0/s1. The molecule has 0 spiro atoms. The van der Waals surface area contributed by atoms with Crippen molar-refractivity contribution in [2.45, 2.75) is 62.6 Å². The van der Waals surface area contributed by atoms with Gasteiger partial charge in [-0.1, -0.05) is 30.3 Å². The quantitative estimate of drug-likeness (QED) is 0.882. The minimum absolute atomic E-state index is 0.00621. The minimum Gasteiger partial charge on any atom is -0.376 e. The summed E-state index contributed by atoms with van der Waals surface area (Å²) in [6.07, 6.45) is 6.73. The summed E-state index contributed by atoms with van der Waals surface area (Å²) in [5.41, 5.74) is 7.72. The summed E-state index contributed by atoms with van der Waals surface area (Å²) < 4.78 is 6.20. The topological polar surface area (TPSA) is 67.6 Å². The smallest absolute Gasteiger partial charge is 0.317 e. The summed E-state index contributed by atoms with van der Waals surface area (Å²) in [6.45, 7) is 1.32. The lowest BCUT2D eigenvalue weighted by atomic mass is 9.83. The molecule has 2 aliphatic rings. The molecular formula is C20H31N3O2. The fraction of sp³-hybridized carbons (Fsp3) is 0.650. The molecular weight excluding hydrogens is 314 g/mol. The van der Waals surface area contributed by atoms with Gasteiger partial charge in [0.25, 0.3) is 0 Å². The van der Waals surface area contributed by atoms with Crippen molar-refractivity contribution in [3.05, 3.63) is 35.9 Å². The first kappa shape index (κ1) is 18.2. The number of benzene rings is 1. The zero-order valence-electron chi connectivity index (χ0n) is 15.2. The summed E-state index contributed by atoms with van der Waals surface area (Å²) in [5.74, 6) is 0.653. The van der Waals surface area contributed by atoms with Crippen molar-refractivity contribution < 1.29 is 9.53 Å². The minimum atomic E-state index is -0.0449. The number of hydrogen-bond donors (Lipinski definition) is 2. The third kappa shape index (κ3) is 4.53. The van der Waals surface area contributed by atoms with Crippen LogP contribution < -0.4 is 11.1 Å². The van der Waals surface area contributed by atoms with Crippen LogP contribution >= 0.6 is 0 Å². The normalized spacial score (nSPS) is 30.1. The van der Waals surface area contributed by atoms with Gasteiger partial charge in [-0.2, -0.15) is 0 Å². The molecule has 2 atom stereocenters. The van der Waals surface area contributed by atoms with Crippen LogP contribution in [0.15, 0.2) is 30.3 Å². The number of carbonyl (C=O) groups excluding carboxylic acids is 1. The van der Waals surface area contributed by atoms with Crippen LogP contribution in [0, 0.1) is 0 Å². The van der Waals surface area contributed by atoms with Gasteiger partial charge in [-0.3, -0.25) is 0 Å². The highest BCUT2D eigenvalue weighted by Gasteiger charge is 2.33. The lowest BCUT2D eigenvalue weighted by Gasteiger charge is -2.40. The van der Waals surface area contributed by atoms with Gasteiger partial charge in [-0.15, -0.1) is 0 Å². The van der Waals surface area contributed by atoms with Gasteiger partial charge < -0.3 is 20.7 Å². The molecule has 1 heterocycles. The second-order valence-corrected chi connectivity index (χ2v) is 7.34. The van der Waals surface area contributed by atoms with E-state index in [9.17, 15) is 4.79 Å². The van der Waals surface area contributed by atoms with Gasteiger partial charge in [-0.25, -0.2) is 4.79 Å². The number of nitrogens with zero attached hydrogens (tertiary/aromatic N) is 1. The Labute approximate surface area is 150 Å². The lowest BCUT2D eigenvalue weighted by Crippen LogP contribution is -2.58. The van der Waals surface area contributed by atoms with Crippen molar-refractivity contribution in [3.8, 4) is 0 Å². The Bertz CT molecular complexity index is 543. The molecule has 1 aromatic carbocycles. The summed E-state index contributed by atoms with van der Waals surface area (Å²) in [7, 11) is 1.67. The number of amides is 2. The first-order chi connectivity index (χ1) is 12.2. The lowest BCUT2D eigenvalue weighted by molar-refractivity contribution is -0.0157. The van der Waals surface area contributed by atoms with Crippen LogP contribution in [-0.4, -0.2) is 49.3 Å². The number of rotatable bonds is 4. The van der Waals surface area contributed by atoms with Gasteiger partial charge in [0.1, 0.15) is 0 Å². The first-order valence-corrected chi connectivity index (χ1v) is 9.59. The Hall–Kier alpha value is -1.59. The number of hydrogen-bond acceptors (Lipinski definition) is 3. The third-order valence-corrected chi connectivity index (χ3v) is 5.75. The number of piperidine rings is 1. The number of nitrogens with one attached hydrogen (secondary N) is 1. The zero-order chi connectivity index (χ0) is 17.6. The molecule has 1 aliphatic heterocycles. The molecule has 0 bridgehead atoms. The molecule has 0 aromatic heterocycles. The summed E-state index contributed by atoms with van der Waals surface area (Å²) in [6, 6.07) is 10.7. The average molecular weight is 345 g/mol. The highest BCUT2D eigenvalue weighted by atomic mass is 16.5. The molecule has 2 amide bonds. The van der Waals surface area contributed by atoms with Crippen LogP contribution in [0.3, 0.4) is 0 Å². The second-order valence-electron chi connectivity index (χ2n) is 7.34. The Morgan fingerprint density at radius 1 is 1.20 bits per heavy atom. The van der Waals surface area contributed by atoms with Gasteiger partial charge >= 0.3 is 6.03 Å². The second kappa shape index (κ2) is 8.68. The van der Waals surface area contributed by atoms with Crippen molar-refractivity contribution >= 4 is 6.03 Å². The molecule has 5 nitrogen and oxygen atoms in total. The Morgan fingerprint density at radius 2 is 1.92 bits per heavy atom. The maximum Gasteiger partial charge on any atom is 0.317 e. The molecule has 1 saturated carbocycles. The maximum atomic E-state index is 12.1. The van der Waals surface area contributed by atoms with Gasteiger partial charge in [0.05, 0.1) is 18.8 Å². The monoisotopic (exact) mass is 345 g/mol. The van der Waals surface area contributed by atoms with Crippen LogP contribution in [0.25, 0.3) is 0 Å². The van der Waals surface area contributed by atoms with Crippen molar-refractivity contribution in [2.24, 2.45) is 5.73 Å². The number of nitrogens with two attached hydrogens (primary N) is 1. The van der Waals surface area contributed by atoms with E-state index in [1.54, 1.807) is 7.05 Å². The number of likely N-dealkylation sites (tertiary alicyclic amines) is 1. The number of carbonyl (C=O) groups is 1. The van der Waals surface area contributed by atoms with Gasteiger partial charge in [-0.05, 0) is 50.0 Å². The van der Waals surface area contributed by atoms with E-state index in [0.29, 0.717) is 18.6 Å². The summed E-state index contributed by atoms with van der Waals surface area (Å²) in [5, 5.41) is 2.72. The van der Waals surface area contributed by atoms with E-state index in [0.717, 1.165) is 32.2 Å². The van der Waals surface area contributed by atoms with Crippen LogP contribution in [0.4, 0.5) is 4.79 Å². The highest BCUT2D eigenvalue weighted by Crippen LogP contribution is 2.34. The fourth-order valence-corrected chi connectivity index (χ4v) is 4.22. The molecule has 138 valence electrons. The molecule has 2 fully saturated rings. The third-order valence-electron chi connectivity index (χ3n) is 5.75. The van der Waals surface area contributed by atoms with Crippen LogP contribution in [0.1, 0.15) is 50.0 Å². The van der Waals surface area contributed by atoms with E-state index in [4.69, 9.17) is 10.5 Å². The van der Waals surface area contributed by atoms with E-state index in [1.165, 1.54) is 18.4 Å². The molecule has 3 N–H and O–H groups in total. The van der Waals surface area contributed by atoms with E-state index in [2.05, 4.69) is 35.6 Å². The van der Waals surface area contributed by atoms with E-state index in [-0.39, 0.29) is 18.1 Å². The van der Waals surface area contributed by atoms with E-state index in [1.807, 2.05) is 4.90 Å². The van der Waals surface area contributed by atoms with Crippen molar-refractivity contribution in [1.29, 1.82) is 0 Å². The Morgan fingerprint density at radius 3 is 2.60 bits per heavy atom. The predicted octanol–water partition coefficient (Wildman–Crippen LogP) is 2.86. The molecule has 0 unspecified atom stereocenters. The van der Waals surface area contributed by atoms with E-state index >= 15 is 0 Å². The molecule has 3 rings (SSSR count). The summed E-state index contributed by atoms with van der Waals surface area (Å²) in [4.78, 5) is 13.9. The zero-order valence-corrected chi connectivity index (χ0v) is 15.2. The van der Waals surface area contributed by atoms with Gasteiger partial charge in [0.2, 0.25) is 0 Å². The first-order valence-electron chi connectivity index (χ1n) is 9.59. The molecule has 5 heteroatoms. The number of ether oxygens (including phenoxy) is 1. The van der Waals surface area contributed by atoms with Crippen molar-refractivity contribution in [2.75, 3.05) is 20.2 Å². The maximum absolute atomic E-state index is 12.1. The van der Waals surface area contributed by atoms with E-state index < -0.39 is 0 Å². The SMILES string of the molecule is CNC(=O)N1CCC[C@H](N)[C@@H]1COC1CCC(c2ccccc2)CC1. The largest absolute Gasteiger partial charge is 0.376 e. The highest BCUT2D eigenvalue weighted by molar-refractivity contribution is 5.74. The Balaban J connectivity index is 1.49. The molecule has 1 aromatic rings. The Kier molecular flexibility index (Phi) is 6.32. The molecule has 1 aliphatic carbocycles. The molecule has 0 radical (unpaired) electrons. The van der Waals surface area contributed by atoms with Crippen LogP contribution in [-0.2, 0) is 4.74 Å². The summed E-state index contributed by atoms with van der Waals surface area (Å²) >= 11 is 0. The van der Waals surface area contributed by atoms with Crippen molar-refractivity contribution in [3.63, 3.8) is 0 Å². The fourth-order valence-electron chi connectivity index (χ4n) is 4.22. The predicted molar refractivity (Wildman–Crippen MR) is 99.6 cm³/mol. The van der Waals surface area contributed by atoms with Crippen LogP contribution in [0.5, 0.6) is 0 Å². The molecule has 25 heavy (non-hydrogen) atoms. The van der Waals surface area contributed by atoms with Crippen molar-refractivity contribution in [1.82, 2.24) is 10.2 Å². The van der Waals surface area contributed by atoms with Gasteiger partial charge in [0.15, 0.2) is 0 Å².